The number of ether oxygens (including phenoxy) is 2. The lowest BCUT2D eigenvalue weighted by molar-refractivity contribution is 0.395. The van der Waals surface area contributed by atoms with E-state index in [-0.39, 0.29) is 6.04 Å². The number of rotatable bonds is 6. The molecule has 0 aliphatic carbocycles. The summed E-state index contributed by atoms with van der Waals surface area (Å²) in [4.78, 5) is 0. The number of hydrogen-bond acceptors (Lipinski definition) is 4. The molecule has 1 N–H and O–H groups in total. The lowest BCUT2D eigenvalue weighted by atomic mass is 10.1. The largest absolute Gasteiger partial charge is 0.497 e. The molecule has 0 saturated carbocycles. The molecule has 2 aromatic rings. The SMILES string of the molecule is COc1ccc(OC)c(CNC(C)c2cc(C)oc2C)c1. The standard InChI is InChI=1S/C17H23NO3/c1-11-8-16(13(3)21-11)12(2)18-10-14-9-15(19-4)6-7-17(14)20-5/h6-9,12,18H,10H2,1-5H3. The maximum Gasteiger partial charge on any atom is 0.123 e. The van der Waals surface area contributed by atoms with Gasteiger partial charge in [0.15, 0.2) is 0 Å². The van der Waals surface area contributed by atoms with Crippen LogP contribution in [-0.2, 0) is 6.54 Å². The minimum atomic E-state index is 0.207. The van der Waals surface area contributed by atoms with Crippen LogP contribution in [0.4, 0.5) is 0 Å². The van der Waals surface area contributed by atoms with Gasteiger partial charge < -0.3 is 19.2 Å². The number of aryl methyl sites for hydroxylation is 2. The van der Waals surface area contributed by atoms with Crippen LogP contribution in [0.5, 0.6) is 11.5 Å². The molecule has 0 aliphatic rings. The molecule has 1 unspecified atom stereocenters. The average Bonchev–Trinajstić information content (AvgIpc) is 2.83. The summed E-state index contributed by atoms with van der Waals surface area (Å²) in [7, 11) is 3.34. The monoisotopic (exact) mass is 289 g/mol. The van der Waals surface area contributed by atoms with Crippen LogP contribution < -0.4 is 14.8 Å². The van der Waals surface area contributed by atoms with E-state index < -0.39 is 0 Å². The van der Waals surface area contributed by atoms with Crippen LogP contribution in [0.2, 0.25) is 0 Å². The molecular formula is C17H23NO3. The summed E-state index contributed by atoms with van der Waals surface area (Å²) < 4.78 is 16.3. The normalized spacial score (nSPS) is 12.2. The molecule has 1 aromatic carbocycles. The molecule has 21 heavy (non-hydrogen) atoms. The first-order valence-electron chi connectivity index (χ1n) is 7.06. The van der Waals surface area contributed by atoms with Gasteiger partial charge in [-0.05, 0) is 45.0 Å². The molecule has 1 atom stereocenters. The lowest BCUT2D eigenvalue weighted by Gasteiger charge is -2.15. The van der Waals surface area contributed by atoms with E-state index in [1.165, 1.54) is 5.56 Å². The Bertz CT molecular complexity index is 604. The van der Waals surface area contributed by atoms with Crippen LogP contribution in [0.25, 0.3) is 0 Å². The van der Waals surface area contributed by atoms with E-state index in [0.717, 1.165) is 28.6 Å². The first-order chi connectivity index (χ1) is 10.0. The van der Waals surface area contributed by atoms with Crippen molar-refractivity contribution in [2.45, 2.75) is 33.4 Å². The second-order valence-electron chi connectivity index (χ2n) is 5.15. The Morgan fingerprint density at radius 2 is 1.90 bits per heavy atom. The Kier molecular flexibility index (Phi) is 4.91. The molecule has 0 saturated heterocycles. The molecule has 1 heterocycles. The molecule has 0 radical (unpaired) electrons. The Balaban J connectivity index is 2.10. The molecule has 0 bridgehead atoms. The van der Waals surface area contributed by atoms with Gasteiger partial charge in [-0.25, -0.2) is 0 Å². The molecule has 2 rings (SSSR count). The number of methoxy groups -OCH3 is 2. The van der Waals surface area contributed by atoms with Crippen LogP contribution in [0.3, 0.4) is 0 Å². The third-order valence-corrected chi connectivity index (χ3v) is 3.63. The predicted octanol–water partition coefficient (Wildman–Crippen LogP) is 3.76. The van der Waals surface area contributed by atoms with Crippen LogP contribution in [0, 0.1) is 13.8 Å². The molecule has 0 amide bonds. The van der Waals surface area contributed by atoms with E-state index in [9.17, 15) is 0 Å². The summed E-state index contributed by atoms with van der Waals surface area (Å²) in [5, 5.41) is 3.50. The highest BCUT2D eigenvalue weighted by Gasteiger charge is 2.13. The number of nitrogens with one attached hydrogen (secondary N) is 1. The second kappa shape index (κ2) is 6.68. The Morgan fingerprint density at radius 1 is 1.14 bits per heavy atom. The third kappa shape index (κ3) is 3.58. The van der Waals surface area contributed by atoms with Gasteiger partial charge in [-0.15, -0.1) is 0 Å². The third-order valence-electron chi connectivity index (χ3n) is 3.63. The van der Waals surface area contributed by atoms with Gasteiger partial charge in [0.05, 0.1) is 14.2 Å². The van der Waals surface area contributed by atoms with Gasteiger partial charge in [0, 0.05) is 23.7 Å². The van der Waals surface area contributed by atoms with Gasteiger partial charge in [0.2, 0.25) is 0 Å². The Hall–Kier alpha value is -1.94. The van der Waals surface area contributed by atoms with E-state index in [0.29, 0.717) is 6.54 Å². The van der Waals surface area contributed by atoms with Crippen molar-refractivity contribution in [2.75, 3.05) is 14.2 Å². The first kappa shape index (κ1) is 15.4. The van der Waals surface area contributed by atoms with Crippen LogP contribution in [-0.4, -0.2) is 14.2 Å². The lowest BCUT2D eigenvalue weighted by Crippen LogP contribution is -2.18. The van der Waals surface area contributed by atoms with Crippen molar-refractivity contribution in [3.05, 3.63) is 46.9 Å². The summed E-state index contributed by atoms with van der Waals surface area (Å²) in [5.41, 5.74) is 2.26. The number of hydrogen-bond donors (Lipinski definition) is 1. The van der Waals surface area contributed by atoms with E-state index in [2.05, 4.69) is 18.3 Å². The number of benzene rings is 1. The van der Waals surface area contributed by atoms with Crippen molar-refractivity contribution >= 4 is 0 Å². The van der Waals surface area contributed by atoms with Crippen molar-refractivity contribution in [3.8, 4) is 11.5 Å². The minimum absolute atomic E-state index is 0.207. The van der Waals surface area contributed by atoms with E-state index in [1.54, 1.807) is 14.2 Å². The number of furan rings is 1. The van der Waals surface area contributed by atoms with Gasteiger partial charge in [0.1, 0.15) is 23.0 Å². The molecule has 0 aliphatic heterocycles. The highest BCUT2D eigenvalue weighted by molar-refractivity contribution is 5.40. The summed E-state index contributed by atoms with van der Waals surface area (Å²) in [6, 6.07) is 8.10. The van der Waals surface area contributed by atoms with Crippen LogP contribution in [0.15, 0.2) is 28.7 Å². The van der Waals surface area contributed by atoms with E-state index >= 15 is 0 Å². The second-order valence-corrected chi connectivity index (χ2v) is 5.15. The molecule has 4 heteroatoms. The maximum atomic E-state index is 5.58. The van der Waals surface area contributed by atoms with Gasteiger partial charge in [0.25, 0.3) is 0 Å². The quantitative estimate of drug-likeness (QED) is 0.879. The van der Waals surface area contributed by atoms with Crippen molar-refractivity contribution in [1.82, 2.24) is 5.32 Å². The maximum absolute atomic E-state index is 5.58. The zero-order valence-corrected chi connectivity index (χ0v) is 13.3. The first-order valence-corrected chi connectivity index (χ1v) is 7.06. The fourth-order valence-electron chi connectivity index (χ4n) is 2.47. The van der Waals surface area contributed by atoms with Crippen LogP contribution >= 0.6 is 0 Å². The minimum Gasteiger partial charge on any atom is -0.497 e. The molecule has 0 spiro atoms. The summed E-state index contributed by atoms with van der Waals surface area (Å²) in [6.07, 6.45) is 0. The molecule has 4 nitrogen and oxygen atoms in total. The zero-order valence-electron chi connectivity index (χ0n) is 13.3. The molecule has 0 fully saturated rings. The average molecular weight is 289 g/mol. The van der Waals surface area contributed by atoms with Gasteiger partial charge in [-0.3, -0.25) is 0 Å². The van der Waals surface area contributed by atoms with E-state index in [4.69, 9.17) is 13.9 Å². The summed E-state index contributed by atoms with van der Waals surface area (Å²) >= 11 is 0. The topological polar surface area (TPSA) is 43.6 Å². The Morgan fingerprint density at radius 3 is 2.48 bits per heavy atom. The highest BCUT2D eigenvalue weighted by atomic mass is 16.5. The van der Waals surface area contributed by atoms with Crippen LogP contribution in [0.1, 0.15) is 35.6 Å². The smallest absolute Gasteiger partial charge is 0.123 e. The van der Waals surface area contributed by atoms with Crippen molar-refractivity contribution in [2.24, 2.45) is 0 Å². The van der Waals surface area contributed by atoms with Crippen molar-refractivity contribution in [1.29, 1.82) is 0 Å². The zero-order chi connectivity index (χ0) is 15.4. The fourth-order valence-corrected chi connectivity index (χ4v) is 2.47. The summed E-state index contributed by atoms with van der Waals surface area (Å²) in [5.74, 6) is 3.59. The molecule has 114 valence electrons. The fraction of sp³-hybridized carbons (Fsp3) is 0.412. The van der Waals surface area contributed by atoms with Gasteiger partial charge in [-0.2, -0.15) is 0 Å². The van der Waals surface area contributed by atoms with Gasteiger partial charge in [-0.1, -0.05) is 0 Å². The summed E-state index contributed by atoms with van der Waals surface area (Å²) in [6.45, 7) is 6.79. The van der Waals surface area contributed by atoms with Crippen molar-refractivity contribution < 1.29 is 13.9 Å². The molecule has 1 aromatic heterocycles. The van der Waals surface area contributed by atoms with Gasteiger partial charge >= 0.3 is 0 Å². The highest BCUT2D eigenvalue weighted by Crippen LogP contribution is 2.26. The molecular weight excluding hydrogens is 266 g/mol. The Labute approximate surface area is 126 Å². The van der Waals surface area contributed by atoms with Crippen molar-refractivity contribution in [3.63, 3.8) is 0 Å². The van der Waals surface area contributed by atoms with E-state index in [1.807, 2.05) is 32.0 Å². The predicted molar refractivity (Wildman–Crippen MR) is 83.0 cm³/mol.